The molecule has 1 aliphatic heterocycles. The van der Waals surface area contributed by atoms with Crippen molar-refractivity contribution in [3.8, 4) is 6.07 Å². The Labute approximate surface area is 252 Å². The summed E-state index contributed by atoms with van der Waals surface area (Å²) in [5.74, 6) is -1.47. The molecule has 3 rings (SSSR count). The Hall–Kier alpha value is -4.94. The van der Waals surface area contributed by atoms with Gasteiger partial charge in [-0.25, -0.2) is 9.59 Å². The van der Waals surface area contributed by atoms with Gasteiger partial charge in [0, 0.05) is 16.9 Å². The number of benzene rings is 2. The van der Waals surface area contributed by atoms with Crippen molar-refractivity contribution in [2.45, 2.75) is 25.7 Å². The minimum absolute atomic E-state index is 0.0538. The maximum Gasteiger partial charge on any atom is 0.416 e. The number of nitrogens with one attached hydrogen (secondary N) is 1. The van der Waals surface area contributed by atoms with Crippen molar-refractivity contribution in [1.29, 1.82) is 10.7 Å². The van der Waals surface area contributed by atoms with Crippen LogP contribution in [-0.4, -0.2) is 80.4 Å². The number of esters is 1. The SMILES string of the molecule is COC(=O)C1=C(C)N(c2cccc(C(F)(F)F)c2)C(=N)N(C(N)=O)[C@@H]1c1ccc(C#N)cc1C[N+](C)(C)CCO.COC=O. The van der Waals surface area contributed by atoms with E-state index in [2.05, 4.69) is 10.8 Å². The minimum atomic E-state index is -4.68. The first-order valence-corrected chi connectivity index (χ1v) is 12.9. The molecule has 0 aromatic heterocycles. The Balaban J connectivity index is 0.00000159. The monoisotopic (exact) mass is 619 g/mol. The van der Waals surface area contributed by atoms with Crippen molar-refractivity contribution < 1.29 is 46.6 Å². The molecule has 0 unspecified atom stereocenters. The van der Waals surface area contributed by atoms with Gasteiger partial charge < -0.3 is 24.8 Å². The molecule has 0 radical (unpaired) electrons. The number of carbonyl (C=O) groups excluding carboxylic acids is 3. The van der Waals surface area contributed by atoms with Crippen LogP contribution in [0.1, 0.15) is 35.2 Å². The maximum absolute atomic E-state index is 13.5. The summed E-state index contributed by atoms with van der Waals surface area (Å²) < 4.78 is 49.6. The fourth-order valence-electron chi connectivity index (χ4n) is 4.76. The highest BCUT2D eigenvalue weighted by atomic mass is 19.4. The van der Waals surface area contributed by atoms with Crippen LogP contribution in [-0.2, 0) is 31.8 Å². The van der Waals surface area contributed by atoms with E-state index in [1.807, 2.05) is 14.1 Å². The number of nitrogens with zero attached hydrogens (tertiary/aromatic N) is 4. The quantitative estimate of drug-likeness (QED) is 0.230. The summed E-state index contributed by atoms with van der Waals surface area (Å²) in [4.78, 5) is 36.9. The van der Waals surface area contributed by atoms with E-state index in [4.69, 9.17) is 20.7 Å². The molecule has 0 spiro atoms. The van der Waals surface area contributed by atoms with E-state index in [1.54, 1.807) is 6.07 Å². The number of primary amides is 1. The number of amides is 2. The van der Waals surface area contributed by atoms with Gasteiger partial charge in [-0.15, -0.1) is 0 Å². The van der Waals surface area contributed by atoms with Crippen molar-refractivity contribution in [3.63, 3.8) is 0 Å². The highest BCUT2D eigenvalue weighted by molar-refractivity contribution is 6.10. The summed E-state index contributed by atoms with van der Waals surface area (Å²) in [6, 6.07) is 8.34. The van der Waals surface area contributed by atoms with Crippen LogP contribution >= 0.6 is 0 Å². The lowest BCUT2D eigenvalue weighted by molar-refractivity contribution is -0.903. The molecular weight excluding hydrogens is 585 g/mol. The number of allylic oxidation sites excluding steroid dienone is 1. The number of aliphatic hydroxyl groups excluding tert-OH is 1. The number of hydrogen-bond acceptors (Lipinski definition) is 8. The summed E-state index contributed by atoms with van der Waals surface area (Å²) in [6.07, 6.45) is -4.68. The third-order valence-electron chi connectivity index (χ3n) is 6.74. The number of anilines is 1. The third kappa shape index (κ3) is 7.91. The number of methoxy groups -OCH3 is 2. The number of halogens is 3. The average molecular weight is 620 g/mol. The number of nitrogens with two attached hydrogens (primary N) is 1. The number of alkyl halides is 3. The van der Waals surface area contributed by atoms with E-state index in [1.165, 1.54) is 32.2 Å². The summed E-state index contributed by atoms with van der Waals surface area (Å²) in [5.41, 5.74) is 5.73. The van der Waals surface area contributed by atoms with E-state index in [0.717, 1.165) is 35.1 Å². The first-order valence-electron chi connectivity index (χ1n) is 12.9. The van der Waals surface area contributed by atoms with E-state index in [-0.39, 0.29) is 34.6 Å². The van der Waals surface area contributed by atoms with Gasteiger partial charge in [-0.1, -0.05) is 12.1 Å². The number of likely N-dealkylation sites (N-methyl/N-ethyl adjacent to an activating group) is 1. The van der Waals surface area contributed by atoms with Crippen LogP contribution < -0.4 is 10.6 Å². The minimum Gasteiger partial charge on any atom is -0.471 e. The lowest BCUT2D eigenvalue weighted by Crippen LogP contribution is -2.55. The van der Waals surface area contributed by atoms with Crippen molar-refractivity contribution in [3.05, 3.63) is 76.0 Å². The molecule has 1 heterocycles. The molecule has 2 amide bonds. The molecule has 2 aromatic carbocycles. The van der Waals surface area contributed by atoms with Gasteiger partial charge in [-0.2, -0.15) is 18.4 Å². The van der Waals surface area contributed by atoms with Gasteiger partial charge in [-0.3, -0.25) is 20.0 Å². The number of aliphatic hydroxyl groups is 1. The molecule has 0 aliphatic carbocycles. The molecule has 12 nitrogen and oxygen atoms in total. The summed E-state index contributed by atoms with van der Waals surface area (Å²) in [5, 5.41) is 27.9. The van der Waals surface area contributed by atoms with Gasteiger partial charge in [0.15, 0.2) is 0 Å². The predicted octanol–water partition coefficient (Wildman–Crippen LogP) is 3.26. The second kappa shape index (κ2) is 14.5. The summed E-state index contributed by atoms with van der Waals surface area (Å²) in [7, 11) is 6.10. The van der Waals surface area contributed by atoms with E-state index >= 15 is 0 Å². The molecule has 0 fully saturated rings. The Morgan fingerprint density at radius 3 is 2.34 bits per heavy atom. The van der Waals surface area contributed by atoms with Gasteiger partial charge in [0.05, 0.1) is 57.7 Å². The zero-order chi connectivity index (χ0) is 33.4. The fourth-order valence-corrected chi connectivity index (χ4v) is 4.76. The molecular formula is C29H34F3N6O6+. The number of urea groups is 1. The molecule has 1 atom stereocenters. The van der Waals surface area contributed by atoms with Crippen molar-refractivity contribution in [2.24, 2.45) is 5.73 Å². The molecule has 236 valence electrons. The normalized spacial score (nSPS) is 15.2. The van der Waals surface area contributed by atoms with Crippen LogP contribution in [0.15, 0.2) is 53.7 Å². The predicted molar refractivity (Wildman–Crippen MR) is 153 cm³/mol. The number of quaternary nitrogens is 1. The standard InChI is InChI=1S/C27H29F3N6O4.C2H4O2/c1-16-22(24(38)40-4)23(21-9-8-17(14-31)12-18(21)15-36(2,3)10-11-37)35(26(33)39)25(32)34(16)20-7-5-6-19(13-20)27(28,29)30;1-4-2-3/h5-9,12-13,23,32,37H,10-11,15H2,1-4H3,(H-,33,39);2H,1H3/p+1/t23-;/m1./s1. The van der Waals surface area contributed by atoms with Gasteiger partial charge in [0.25, 0.3) is 6.47 Å². The zero-order valence-electron chi connectivity index (χ0n) is 24.8. The molecule has 44 heavy (non-hydrogen) atoms. The summed E-state index contributed by atoms with van der Waals surface area (Å²) >= 11 is 0. The van der Waals surface area contributed by atoms with Crippen molar-refractivity contribution in [2.75, 3.05) is 46.4 Å². The third-order valence-corrected chi connectivity index (χ3v) is 6.74. The first kappa shape index (κ1) is 35.3. The Bertz CT molecular complexity index is 1480. The molecule has 2 aromatic rings. The Morgan fingerprint density at radius 2 is 1.84 bits per heavy atom. The Kier molecular flexibility index (Phi) is 11.6. The number of hydrogen-bond donors (Lipinski definition) is 3. The van der Waals surface area contributed by atoms with Crippen molar-refractivity contribution >= 4 is 30.1 Å². The van der Waals surface area contributed by atoms with Crippen LogP contribution in [0.25, 0.3) is 0 Å². The molecule has 0 saturated carbocycles. The highest BCUT2D eigenvalue weighted by Gasteiger charge is 2.45. The average Bonchev–Trinajstić information content (AvgIpc) is 2.95. The Morgan fingerprint density at radius 1 is 1.20 bits per heavy atom. The highest BCUT2D eigenvalue weighted by Crippen LogP contribution is 2.42. The van der Waals surface area contributed by atoms with E-state index in [0.29, 0.717) is 29.7 Å². The van der Waals surface area contributed by atoms with Gasteiger partial charge >= 0.3 is 18.2 Å². The van der Waals surface area contributed by atoms with Crippen LogP contribution in [0.2, 0.25) is 0 Å². The molecule has 0 bridgehead atoms. The molecule has 4 N–H and O–H groups in total. The van der Waals surface area contributed by atoms with Crippen LogP contribution in [0.3, 0.4) is 0 Å². The zero-order valence-corrected chi connectivity index (χ0v) is 24.8. The number of guanidine groups is 1. The largest absolute Gasteiger partial charge is 0.471 e. The molecule has 0 saturated heterocycles. The van der Waals surface area contributed by atoms with Gasteiger partial charge in [-0.05, 0) is 42.8 Å². The topological polar surface area (TPSA) is 170 Å². The van der Waals surface area contributed by atoms with Crippen LogP contribution in [0.4, 0.5) is 23.7 Å². The number of ether oxygens (including phenoxy) is 2. The lowest BCUT2D eigenvalue weighted by atomic mass is 9.88. The summed E-state index contributed by atoms with van der Waals surface area (Å²) in [6.45, 7) is 2.28. The van der Waals surface area contributed by atoms with E-state index in [9.17, 15) is 33.1 Å². The van der Waals surface area contributed by atoms with E-state index < -0.39 is 35.7 Å². The fraction of sp³-hybridized carbons (Fsp3) is 0.345. The van der Waals surface area contributed by atoms with Gasteiger partial charge in [0.1, 0.15) is 19.1 Å². The van der Waals surface area contributed by atoms with Crippen LogP contribution in [0.5, 0.6) is 0 Å². The molecule has 1 aliphatic rings. The second-order valence-corrected chi connectivity index (χ2v) is 10.2. The van der Waals surface area contributed by atoms with Gasteiger partial charge in [0.2, 0.25) is 5.96 Å². The number of nitriles is 1. The molecule has 15 heteroatoms. The smallest absolute Gasteiger partial charge is 0.416 e. The second-order valence-electron chi connectivity index (χ2n) is 10.2. The first-order chi connectivity index (χ1) is 20.6. The number of carbonyl (C=O) groups is 3. The maximum atomic E-state index is 13.5. The number of rotatable bonds is 8. The van der Waals surface area contributed by atoms with Crippen molar-refractivity contribution in [1.82, 2.24) is 4.90 Å². The lowest BCUT2D eigenvalue weighted by Gasteiger charge is -2.43. The van der Waals surface area contributed by atoms with Crippen LogP contribution in [0, 0.1) is 16.7 Å².